The number of carbonyl (C=O) groups is 1. The number of aromatic nitrogens is 3. The summed E-state index contributed by atoms with van der Waals surface area (Å²) in [5, 5.41) is 9.80. The van der Waals surface area contributed by atoms with E-state index in [1.807, 2.05) is 0 Å². The van der Waals surface area contributed by atoms with E-state index in [1.54, 1.807) is 30.3 Å². The van der Waals surface area contributed by atoms with Gasteiger partial charge in [-0.3, -0.25) is 4.57 Å². The highest BCUT2D eigenvalue weighted by Gasteiger charge is 2.08. The first-order valence-electron chi connectivity index (χ1n) is 6.20. The molecule has 3 aromatic rings. The quantitative estimate of drug-likeness (QED) is 0.764. The Balaban J connectivity index is 1.92. The largest absolute Gasteiger partial charge is 0.464 e. The van der Waals surface area contributed by atoms with Crippen molar-refractivity contribution in [2.24, 2.45) is 5.73 Å². The monoisotopic (exact) mass is 284 g/mol. The van der Waals surface area contributed by atoms with Crippen LogP contribution in [0.5, 0.6) is 11.6 Å². The van der Waals surface area contributed by atoms with Gasteiger partial charge in [-0.15, -0.1) is 0 Å². The number of hydrogen-bond donors (Lipinski definition) is 2. The van der Waals surface area contributed by atoms with E-state index in [0.717, 1.165) is 9.95 Å². The number of nitrogens with two attached hydrogens (primary N) is 1. The van der Waals surface area contributed by atoms with Crippen molar-refractivity contribution in [2.45, 2.75) is 6.54 Å². The van der Waals surface area contributed by atoms with Crippen LogP contribution in [0.1, 0.15) is 5.69 Å². The molecule has 0 aliphatic carbocycles. The molecule has 0 atom stereocenters. The minimum absolute atomic E-state index is 0.305. The lowest BCUT2D eigenvalue weighted by Gasteiger charge is -2.06. The lowest BCUT2D eigenvalue weighted by atomic mass is 10.2. The van der Waals surface area contributed by atoms with Gasteiger partial charge >= 0.3 is 6.09 Å². The van der Waals surface area contributed by atoms with E-state index in [-0.39, 0.29) is 0 Å². The van der Waals surface area contributed by atoms with Gasteiger partial charge in [-0.2, -0.15) is 0 Å². The highest BCUT2D eigenvalue weighted by Crippen LogP contribution is 2.25. The van der Waals surface area contributed by atoms with Gasteiger partial charge in [-0.05, 0) is 24.3 Å². The van der Waals surface area contributed by atoms with Crippen molar-refractivity contribution >= 4 is 17.0 Å². The molecule has 2 aromatic heterocycles. The van der Waals surface area contributed by atoms with Gasteiger partial charge in [0, 0.05) is 24.2 Å². The van der Waals surface area contributed by atoms with Crippen molar-refractivity contribution in [1.82, 2.24) is 14.5 Å². The summed E-state index contributed by atoms with van der Waals surface area (Å²) < 4.78 is 6.78. The van der Waals surface area contributed by atoms with Crippen molar-refractivity contribution in [1.29, 1.82) is 0 Å². The average molecular weight is 284 g/mol. The second-order valence-corrected chi connectivity index (χ2v) is 4.34. The Kier molecular flexibility index (Phi) is 3.25. The molecular weight excluding hydrogens is 272 g/mol. The van der Waals surface area contributed by atoms with Crippen LogP contribution in [0.3, 0.4) is 0 Å². The molecule has 0 saturated carbocycles. The summed E-state index contributed by atoms with van der Waals surface area (Å²) in [6, 6.07) is 8.49. The molecule has 0 aliphatic heterocycles. The molecule has 7 heteroatoms. The van der Waals surface area contributed by atoms with Gasteiger partial charge in [0.15, 0.2) is 0 Å². The maximum Gasteiger partial charge on any atom is 0.415 e. The smallest absolute Gasteiger partial charge is 0.415 e. The Bertz CT molecular complexity index is 813. The maximum absolute atomic E-state index is 11.0. The molecule has 0 bridgehead atoms. The first-order valence-corrected chi connectivity index (χ1v) is 6.20. The zero-order valence-corrected chi connectivity index (χ0v) is 10.9. The maximum atomic E-state index is 11.0. The zero-order chi connectivity index (χ0) is 14.8. The van der Waals surface area contributed by atoms with Crippen LogP contribution in [0.4, 0.5) is 4.79 Å². The van der Waals surface area contributed by atoms with E-state index in [1.165, 1.54) is 12.5 Å². The van der Waals surface area contributed by atoms with E-state index in [2.05, 4.69) is 9.97 Å². The number of ether oxygens (including phenoxy) is 1. The van der Waals surface area contributed by atoms with Crippen LogP contribution in [-0.4, -0.2) is 25.7 Å². The minimum Gasteiger partial charge on any atom is -0.464 e. The topological polar surface area (TPSA) is 103 Å². The molecule has 106 valence electrons. The van der Waals surface area contributed by atoms with Gasteiger partial charge in [0.1, 0.15) is 12.1 Å². The Morgan fingerprint density at radius 2 is 2.14 bits per heavy atom. The molecule has 0 amide bonds. The van der Waals surface area contributed by atoms with Crippen molar-refractivity contribution in [2.75, 3.05) is 0 Å². The van der Waals surface area contributed by atoms with Crippen LogP contribution in [0, 0.1) is 0 Å². The molecule has 0 spiro atoms. The summed E-state index contributed by atoms with van der Waals surface area (Å²) >= 11 is 0. The third kappa shape index (κ3) is 2.54. The third-order valence-corrected chi connectivity index (χ3v) is 3.00. The molecule has 3 N–H and O–H groups in total. The van der Waals surface area contributed by atoms with Crippen molar-refractivity contribution in [3.8, 4) is 11.6 Å². The van der Waals surface area contributed by atoms with Crippen LogP contribution in [0.15, 0.2) is 42.9 Å². The predicted molar refractivity (Wildman–Crippen MR) is 75.4 cm³/mol. The number of nitrogens with zero attached hydrogens (tertiary/aromatic N) is 3. The zero-order valence-electron chi connectivity index (χ0n) is 10.9. The third-order valence-electron chi connectivity index (χ3n) is 3.00. The summed E-state index contributed by atoms with van der Waals surface area (Å²) in [4.78, 5) is 19.0. The molecule has 0 aliphatic rings. The fourth-order valence-corrected chi connectivity index (χ4v) is 2.02. The summed E-state index contributed by atoms with van der Waals surface area (Å²) in [5.74, 6) is 0.953. The van der Waals surface area contributed by atoms with E-state index in [4.69, 9.17) is 15.6 Å². The number of carboxylic acid groups (broad SMARTS) is 1. The highest BCUT2D eigenvalue weighted by atomic mass is 16.5. The van der Waals surface area contributed by atoms with Crippen molar-refractivity contribution in [3.05, 3.63) is 48.5 Å². The van der Waals surface area contributed by atoms with E-state index in [0.29, 0.717) is 29.4 Å². The van der Waals surface area contributed by atoms with Crippen LogP contribution < -0.4 is 10.5 Å². The molecule has 0 saturated heterocycles. The van der Waals surface area contributed by atoms with Gasteiger partial charge in [0.2, 0.25) is 5.88 Å². The molecule has 0 radical (unpaired) electrons. The first kappa shape index (κ1) is 13.1. The van der Waals surface area contributed by atoms with Crippen molar-refractivity contribution < 1.29 is 14.6 Å². The van der Waals surface area contributed by atoms with Crippen LogP contribution >= 0.6 is 0 Å². The highest BCUT2D eigenvalue weighted by molar-refractivity contribution is 5.89. The van der Waals surface area contributed by atoms with Crippen molar-refractivity contribution in [3.63, 3.8) is 0 Å². The van der Waals surface area contributed by atoms with E-state index >= 15 is 0 Å². The lowest BCUT2D eigenvalue weighted by molar-refractivity contribution is 0.197. The molecule has 7 nitrogen and oxygen atoms in total. The van der Waals surface area contributed by atoms with E-state index < -0.39 is 6.09 Å². The fraction of sp³-hybridized carbons (Fsp3) is 0.0714. The first-order chi connectivity index (χ1) is 10.2. The summed E-state index contributed by atoms with van der Waals surface area (Å²) in [6.07, 6.45) is 1.85. The van der Waals surface area contributed by atoms with Gasteiger partial charge in [0.25, 0.3) is 0 Å². The Morgan fingerprint density at radius 1 is 1.29 bits per heavy atom. The molecule has 3 rings (SSSR count). The normalized spacial score (nSPS) is 10.7. The SMILES string of the molecule is NCc1cc(Oc2ccc3c(ccn3C(=O)O)c2)ncn1. The summed E-state index contributed by atoms with van der Waals surface area (Å²) in [6.45, 7) is 0.305. The van der Waals surface area contributed by atoms with Gasteiger partial charge < -0.3 is 15.6 Å². The average Bonchev–Trinajstić information content (AvgIpc) is 2.90. The van der Waals surface area contributed by atoms with Crippen LogP contribution in [0.25, 0.3) is 10.9 Å². The Morgan fingerprint density at radius 3 is 2.90 bits per heavy atom. The Labute approximate surface area is 119 Å². The second kappa shape index (κ2) is 5.22. The standard InChI is InChI=1S/C14H12N4O3/c15-7-10-6-13(17-8-16-10)21-11-1-2-12-9(5-11)3-4-18(12)14(19)20/h1-6,8H,7,15H2,(H,19,20). The molecule has 0 fully saturated rings. The molecule has 0 unspecified atom stereocenters. The molecule has 2 heterocycles. The Hall–Kier alpha value is -2.93. The lowest BCUT2D eigenvalue weighted by Crippen LogP contribution is -2.05. The van der Waals surface area contributed by atoms with Gasteiger partial charge in [-0.25, -0.2) is 14.8 Å². The summed E-state index contributed by atoms with van der Waals surface area (Å²) in [7, 11) is 0. The van der Waals surface area contributed by atoms with Crippen LogP contribution in [-0.2, 0) is 6.54 Å². The number of fused-ring (bicyclic) bond motifs is 1. The molecule has 21 heavy (non-hydrogen) atoms. The van der Waals surface area contributed by atoms with Gasteiger partial charge in [0.05, 0.1) is 11.2 Å². The number of rotatable bonds is 3. The van der Waals surface area contributed by atoms with E-state index in [9.17, 15) is 4.79 Å². The molecular formula is C14H12N4O3. The fourth-order valence-electron chi connectivity index (χ4n) is 2.02. The summed E-state index contributed by atoms with van der Waals surface area (Å²) in [5.41, 5.74) is 6.79. The van der Waals surface area contributed by atoms with Gasteiger partial charge in [-0.1, -0.05) is 0 Å². The second-order valence-electron chi connectivity index (χ2n) is 4.34. The number of hydrogen-bond acceptors (Lipinski definition) is 5. The molecule has 1 aromatic carbocycles. The number of benzene rings is 1. The minimum atomic E-state index is -1.03. The predicted octanol–water partition coefficient (Wildman–Crippen LogP) is 2.21. The van der Waals surface area contributed by atoms with Crippen LogP contribution in [0.2, 0.25) is 0 Å².